The van der Waals surface area contributed by atoms with Crippen LogP contribution in [0.1, 0.15) is 5.56 Å². The highest BCUT2D eigenvalue weighted by molar-refractivity contribution is 6.32. The lowest BCUT2D eigenvalue weighted by Gasteiger charge is -2.13. The molecule has 28 heavy (non-hydrogen) atoms. The molecule has 0 aliphatic heterocycles. The summed E-state index contributed by atoms with van der Waals surface area (Å²) in [6.07, 6.45) is -5.53. The van der Waals surface area contributed by atoms with Gasteiger partial charge in [-0.2, -0.15) is 13.2 Å². The quantitative estimate of drug-likeness (QED) is 0.473. The number of nitrogens with zero attached hydrogens (tertiary/aromatic N) is 1. The maximum atomic E-state index is 12.7. The van der Waals surface area contributed by atoms with Gasteiger partial charge in [-0.05, 0) is 36.4 Å². The number of anilines is 1. The molecule has 2 aromatic carbocycles. The van der Waals surface area contributed by atoms with Crippen molar-refractivity contribution in [2.24, 2.45) is 10.7 Å². The van der Waals surface area contributed by atoms with Crippen molar-refractivity contribution in [3.63, 3.8) is 0 Å². The minimum atomic E-state index is -4.47. The summed E-state index contributed by atoms with van der Waals surface area (Å²) < 4.78 is 48.2. The molecule has 0 heterocycles. The summed E-state index contributed by atoms with van der Waals surface area (Å²) in [5.41, 5.74) is 5.48. The van der Waals surface area contributed by atoms with E-state index in [0.717, 1.165) is 12.1 Å². The SMILES string of the molecule is COc1ccc(NC(N)=NCC(O)COc2cccc(C(F)(F)F)c2)cc1Cl. The Balaban J connectivity index is 1.86. The molecule has 1 atom stereocenters. The highest BCUT2D eigenvalue weighted by Gasteiger charge is 2.30. The first-order valence-electron chi connectivity index (χ1n) is 8.07. The minimum Gasteiger partial charge on any atom is -0.495 e. The molecule has 4 N–H and O–H groups in total. The molecule has 152 valence electrons. The van der Waals surface area contributed by atoms with E-state index in [9.17, 15) is 18.3 Å². The molecule has 0 amide bonds. The van der Waals surface area contributed by atoms with Gasteiger partial charge in [0.1, 0.15) is 24.2 Å². The van der Waals surface area contributed by atoms with Crippen LogP contribution in [0.4, 0.5) is 18.9 Å². The highest BCUT2D eigenvalue weighted by Crippen LogP contribution is 2.31. The molecule has 0 aliphatic carbocycles. The van der Waals surface area contributed by atoms with Crippen LogP contribution in [-0.2, 0) is 6.18 Å². The van der Waals surface area contributed by atoms with Crippen molar-refractivity contribution in [1.82, 2.24) is 0 Å². The van der Waals surface area contributed by atoms with Crippen molar-refractivity contribution in [3.8, 4) is 11.5 Å². The first-order valence-corrected chi connectivity index (χ1v) is 8.45. The predicted molar refractivity (Wildman–Crippen MR) is 101 cm³/mol. The summed E-state index contributed by atoms with van der Waals surface area (Å²) in [7, 11) is 1.49. The summed E-state index contributed by atoms with van der Waals surface area (Å²) in [4.78, 5) is 3.96. The molecular formula is C18H19ClF3N3O3. The number of nitrogens with one attached hydrogen (secondary N) is 1. The van der Waals surface area contributed by atoms with Crippen LogP contribution in [0.2, 0.25) is 5.02 Å². The molecule has 0 aliphatic rings. The lowest BCUT2D eigenvalue weighted by Crippen LogP contribution is -2.27. The maximum Gasteiger partial charge on any atom is 0.416 e. The number of nitrogens with two attached hydrogens (primary N) is 1. The fourth-order valence-corrected chi connectivity index (χ4v) is 2.40. The standard InChI is InChI=1S/C18H19ClF3N3O3/c1-27-16-6-5-12(8-15(16)19)25-17(23)24-9-13(26)10-28-14-4-2-3-11(7-14)18(20,21)22/h2-8,13,26H,9-10H2,1H3,(H3,23,24,25). The average molecular weight is 418 g/mol. The number of aliphatic hydroxyl groups excluding tert-OH is 1. The molecule has 0 bridgehead atoms. The lowest BCUT2D eigenvalue weighted by atomic mass is 10.2. The Morgan fingerprint density at radius 2 is 2.04 bits per heavy atom. The Kier molecular flexibility index (Phi) is 7.36. The number of methoxy groups -OCH3 is 1. The first kappa shape index (κ1) is 21.6. The number of halogens is 4. The van der Waals surface area contributed by atoms with Crippen molar-refractivity contribution in [2.45, 2.75) is 12.3 Å². The molecular weight excluding hydrogens is 399 g/mol. The molecule has 2 rings (SSSR count). The first-order chi connectivity index (χ1) is 13.2. The van der Waals surface area contributed by atoms with Crippen molar-refractivity contribution in [3.05, 3.63) is 53.1 Å². The van der Waals surface area contributed by atoms with Crippen molar-refractivity contribution >= 4 is 23.2 Å². The van der Waals surface area contributed by atoms with Crippen LogP contribution >= 0.6 is 11.6 Å². The Bertz CT molecular complexity index is 831. The third-order valence-corrected chi connectivity index (χ3v) is 3.80. The molecule has 0 fully saturated rings. The van der Waals surface area contributed by atoms with Crippen LogP contribution in [0.3, 0.4) is 0 Å². The van der Waals surface area contributed by atoms with Gasteiger partial charge < -0.3 is 25.6 Å². The molecule has 6 nitrogen and oxygen atoms in total. The van der Waals surface area contributed by atoms with Gasteiger partial charge in [-0.25, -0.2) is 0 Å². The maximum absolute atomic E-state index is 12.7. The molecule has 0 spiro atoms. The Morgan fingerprint density at radius 1 is 1.29 bits per heavy atom. The second kappa shape index (κ2) is 9.52. The topological polar surface area (TPSA) is 89.1 Å². The van der Waals surface area contributed by atoms with E-state index in [1.54, 1.807) is 18.2 Å². The van der Waals surface area contributed by atoms with Gasteiger partial charge in [-0.15, -0.1) is 0 Å². The fourth-order valence-electron chi connectivity index (χ4n) is 2.14. The summed E-state index contributed by atoms with van der Waals surface area (Å²) in [5.74, 6) is 0.529. The number of guanidine groups is 1. The third-order valence-electron chi connectivity index (χ3n) is 3.50. The molecule has 2 aromatic rings. The van der Waals surface area contributed by atoms with Crippen LogP contribution in [0.25, 0.3) is 0 Å². The van der Waals surface area contributed by atoms with Gasteiger partial charge >= 0.3 is 6.18 Å². The number of alkyl halides is 3. The number of benzene rings is 2. The molecule has 0 radical (unpaired) electrons. The van der Waals surface area contributed by atoms with E-state index in [1.165, 1.54) is 19.2 Å². The third kappa shape index (κ3) is 6.50. The van der Waals surface area contributed by atoms with Gasteiger partial charge in [0.15, 0.2) is 5.96 Å². The van der Waals surface area contributed by atoms with Crippen LogP contribution in [-0.4, -0.2) is 37.4 Å². The highest BCUT2D eigenvalue weighted by atomic mass is 35.5. The van der Waals surface area contributed by atoms with E-state index >= 15 is 0 Å². The average Bonchev–Trinajstić information content (AvgIpc) is 2.64. The Hall–Kier alpha value is -2.65. The van der Waals surface area contributed by atoms with Crippen LogP contribution in [0.15, 0.2) is 47.5 Å². The van der Waals surface area contributed by atoms with Gasteiger partial charge in [0.05, 0.1) is 24.2 Å². The van der Waals surface area contributed by atoms with E-state index in [4.69, 9.17) is 26.8 Å². The smallest absolute Gasteiger partial charge is 0.416 e. The second-order valence-corrected chi connectivity index (χ2v) is 6.10. The normalized spacial score (nSPS) is 13.1. The minimum absolute atomic E-state index is 0.00294. The fraction of sp³-hybridized carbons (Fsp3) is 0.278. The number of aliphatic imine (C=N–C) groups is 1. The summed E-state index contributed by atoms with van der Waals surface area (Å²) >= 11 is 6.01. The Labute approximate surface area is 164 Å². The second-order valence-electron chi connectivity index (χ2n) is 5.69. The number of aliphatic hydroxyl groups is 1. The van der Waals surface area contributed by atoms with E-state index in [2.05, 4.69) is 10.3 Å². The summed E-state index contributed by atoms with van der Waals surface area (Å²) in [6, 6.07) is 9.32. The zero-order valence-electron chi connectivity index (χ0n) is 14.8. The van der Waals surface area contributed by atoms with E-state index in [-0.39, 0.29) is 24.9 Å². The molecule has 0 saturated carbocycles. The molecule has 0 saturated heterocycles. The molecule has 10 heteroatoms. The number of hydrogen-bond donors (Lipinski definition) is 3. The van der Waals surface area contributed by atoms with E-state index in [0.29, 0.717) is 16.5 Å². The van der Waals surface area contributed by atoms with Gasteiger partial charge in [0, 0.05) is 5.69 Å². The lowest BCUT2D eigenvalue weighted by molar-refractivity contribution is -0.137. The van der Waals surface area contributed by atoms with Gasteiger partial charge in [0.2, 0.25) is 0 Å². The van der Waals surface area contributed by atoms with Gasteiger partial charge in [-0.1, -0.05) is 17.7 Å². The van der Waals surface area contributed by atoms with Crippen molar-refractivity contribution in [2.75, 3.05) is 25.6 Å². The molecule has 1 unspecified atom stereocenters. The van der Waals surface area contributed by atoms with Crippen LogP contribution in [0, 0.1) is 0 Å². The number of ether oxygens (including phenoxy) is 2. The van der Waals surface area contributed by atoms with Crippen LogP contribution < -0.4 is 20.5 Å². The van der Waals surface area contributed by atoms with E-state index in [1.807, 2.05) is 0 Å². The number of hydrogen-bond acceptors (Lipinski definition) is 4. The number of rotatable bonds is 7. The van der Waals surface area contributed by atoms with Gasteiger partial charge in [-0.3, -0.25) is 4.99 Å². The molecule has 0 aromatic heterocycles. The van der Waals surface area contributed by atoms with Crippen LogP contribution in [0.5, 0.6) is 11.5 Å². The predicted octanol–water partition coefficient (Wildman–Crippen LogP) is 3.53. The largest absolute Gasteiger partial charge is 0.495 e. The van der Waals surface area contributed by atoms with E-state index < -0.39 is 17.8 Å². The summed E-state index contributed by atoms with van der Waals surface area (Å²) in [6.45, 7) is -0.353. The zero-order chi connectivity index (χ0) is 20.7. The monoisotopic (exact) mass is 417 g/mol. The van der Waals surface area contributed by atoms with Crippen molar-refractivity contribution < 1.29 is 27.8 Å². The summed E-state index contributed by atoms with van der Waals surface area (Å²) in [5, 5.41) is 13.1. The van der Waals surface area contributed by atoms with Crippen molar-refractivity contribution in [1.29, 1.82) is 0 Å². The van der Waals surface area contributed by atoms with Gasteiger partial charge in [0.25, 0.3) is 0 Å². The Morgan fingerprint density at radius 3 is 2.68 bits per heavy atom. The zero-order valence-corrected chi connectivity index (χ0v) is 15.6.